The van der Waals surface area contributed by atoms with Crippen LogP contribution in [-0.2, 0) is 15.3 Å². The van der Waals surface area contributed by atoms with E-state index in [1.54, 1.807) is 6.07 Å². The van der Waals surface area contributed by atoms with Gasteiger partial charge < -0.3 is 23.4 Å². The van der Waals surface area contributed by atoms with Gasteiger partial charge in [-0.1, -0.05) is 54.5 Å². The highest BCUT2D eigenvalue weighted by atomic mass is 28.4. The summed E-state index contributed by atoms with van der Waals surface area (Å²) in [6, 6.07) is 3.13. The number of methoxy groups -OCH3 is 2. The van der Waals surface area contributed by atoms with Crippen molar-refractivity contribution in [3.05, 3.63) is 39.5 Å². The van der Waals surface area contributed by atoms with Crippen LogP contribution in [0.1, 0.15) is 73.8 Å². The van der Waals surface area contributed by atoms with Gasteiger partial charge in [-0.15, -0.1) is 0 Å². The van der Waals surface area contributed by atoms with E-state index >= 15 is 0 Å². The molecule has 8 nitrogen and oxygen atoms in total. The van der Waals surface area contributed by atoms with Gasteiger partial charge in [0, 0.05) is 18.1 Å². The summed E-state index contributed by atoms with van der Waals surface area (Å²) in [4.78, 5) is 11.1. The number of hydrogen-bond donors (Lipinski definition) is 1. The lowest BCUT2D eigenvalue weighted by molar-refractivity contribution is -0.385. The van der Waals surface area contributed by atoms with Crippen LogP contribution in [0.4, 0.5) is 5.69 Å². The predicted molar refractivity (Wildman–Crippen MR) is 173 cm³/mol. The predicted octanol–water partition coefficient (Wildman–Crippen LogP) is 8.29. The van der Waals surface area contributed by atoms with E-state index in [2.05, 4.69) is 74.7 Å². The first kappa shape index (κ1) is 37.3. The Bertz CT molecular complexity index is 1040. The first-order valence-electron chi connectivity index (χ1n) is 14.7. The van der Waals surface area contributed by atoms with Gasteiger partial charge in [0.2, 0.25) is 0 Å². The summed E-state index contributed by atoms with van der Waals surface area (Å²) >= 11 is 0. The second-order valence-electron chi connectivity index (χ2n) is 14.2. The van der Waals surface area contributed by atoms with Crippen molar-refractivity contribution < 1.29 is 28.4 Å². The van der Waals surface area contributed by atoms with Crippen LogP contribution in [0.15, 0.2) is 23.8 Å². The second kappa shape index (κ2) is 14.6. The first-order chi connectivity index (χ1) is 18.6. The summed E-state index contributed by atoms with van der Waals surface area (Å²) in [7, 11) is -1.09. The Hall–Kier alpha value is -1.73. The number of benzene rings is 1. The van der Waals surface area contributed by atoms with Crippen LogP contribution >= 0.6 is 0 Å². The smallest absolute Gasteiger partial charge is 0.314 e. The molecular formula is C31H57NO7Si2. The maximum Gasteiger partial charge on any atom is 0.314 e. The minimum atomic E-state index is -2.10. The van der Waals surface area contributed by atoms with Crippen LogP contribution in [0.25, 0.3) is 0 Å². The lowest BCUT2D eigenvalue weighted by Crippen LogP contribution is -2.48. The fraction of sp³-hybridized carbons (Fsp3) is 0.742. The molecule has 1 N–H and O–H groups in total. The molecule has 0 aliphatic heterocycles. The quantitative estimate of drug-likeness (QED) is 0.0921. The first-order valence-corrected chi connectivity index (χ1v) is 20.5. The van der Waals surface area contributed by atoms with E-state index in [9.17, 15) is 15.2 Å². The Morgan fingerprint density at radius 1 is 1.02 bits per heavy atom. The summed E-state index contributed by atoms with van der Waals surface area (Å²) in [5.41, 5.74) is 1.41. The highest BCUT2D eigenvalue weighted by molar-refractivity contribution is 6.74. The van der Waals surface area contributed by atoms with Crippen molar-refractivity contribution in [2.45, 2.75) is 123 Å². The van der Waals surface area contributed by atoms with Crippen molar-refractivity contribution in [3.8, 4) is 11.5 Å². The lowest BCUT2D eigenvalue weighted by Gasteiger charge is -2.42. The van der Waals surface area contributed by atoms with Gasteiger partial charge in [0.05, 0.1) is 37.4 Å². The van der Waals surface area contributed by atoms with Crippen molar-refractivity contribution in [2.75, 3.05) is 20.8 Å². The van der Waals surface area contributed by atoms with E-state index in [-0.39, 0.29) is 33.5 Å². The van der Waals surface area contributed by atoms with Gasteiger partial charge in [-0.3, -0.25) is 10.1 Å². The van der Waals surface area contributed by atoms with E-state index in [1.807, 2.05) is 13.0 Å². The van der Waals surface area contributed by atoms with Crippen molar-refractivity contribution in [2.24, 2.45) is 5.92 Å². The molecule has 0 bridgehead atoms. The topological polar surface area (TPSA) is 100 Å². The molecule has 1 rings (SSSR count). The SMILES string of the molecule is COc1cc(CC/C=C(\C)[C@H](O)[C@@H](C)[C@H](CCO[Si](C)(C)C(C)(C)C)O[Si](C)(C)C(C)(C)C)c(OC)c([N+](=O)[O-])c1. The summed E-state index contributed by atoms with van der Waals surface area (Å²) in [6.07, 6.45) is 2.96. The molecule has 0 spiro atoms. The molecule has 1 aromatic rings. The van der Waals surface area contributed by atoms with Gasteiger partial charge in [0.15, 0.2) is 22.4 Å². The molecule has 0 saturated heterocycles. The third kappa shape index (κ3) is 10.2. The van der Waals surface area contributed by atoms with Crippen molar-refractivity contribution in [1.29, 1.82) is 0 Å². The highest BCUT2D eigenvalue weighted by Gasteiger charge is 2.42. The molecule has 1 aromatic carbocycles. The van der Waals surface area contributed by atoms with Gasteiger partial charge in [0.1, 0.15) is 5.75 Å². The number of nitro benzene ring substituents is 1. The lowest BCUT2D eigenvalue weighted by atomic mass is 9.91. The third-order valence-electron chi connectivity index (χ3n) is 9.11. The Morgan fingerprint density at radius 3 is 2.05 bits per heavy atom. The molecule has 41 heavy (non-hydrogen) atoms. The Morgan fingerprint density at radius 2 is 1.59 bits per heavy atom. The molecule has 0 unspecified atom stereocenters. The number of nitrogens with zero attached hydrogens (tertiary/aromatic N) is 1. The molecule has 0 saturated carbocycles. The number of nitro groups is 1. The van der Waals surface area contributed by atoms with Crippen LogP contribution < -0.4 is 9.47 Å². The van der Waals surface area contributed by atoms with Gasteiger partial charge in [-0.25, -0.2) is 0 Å². The van der Waals surface area contributed by atoms with Crippen LogP contribution in [0, 0.1) is 16.0 Å². The molecule has 0 aromatic heterocycles. The van der Waals surface area contributed by atoms with E-state index in [0.29, 0.717) is 30.8 Å². The maximum absolute atomic E-state index is 11.6. The molecule has 0 radical (unpaired) electrons. The fourth-order valence-corrected chi connectivity index (χ4v) is 6.65. The molecular weight excluding hydrogens is 555 g/mol. The molecule has 0 aliphatic carbocycles. The summed E-state index contributed by atoms with van der Waals surface area (Å²) in [5, 5.41) is 23.2. The summed E-state index contributed by atoms with van der Waals surface area (Å²) in [6.45, 7) is 27.0. The molecule has 0 amide bonds. The average Bonchev–Trinajstić information content (AvgIpc) is 2.84. The number of ether oxygens (including phenoxy) is 2. The van der Waals surface area contributed by atoms with Crippen LogP contribution in [-0.4, -0.2) is 59.7 Å². The largest absolute Gasteiger partial charge is 0.496 e. The van der Waals surface area contributed by atoms with Crippen molar-refractivity contribution in [1.82, 2.24) is 0 Å². The highest BCUT2D eigenvalue weighted by Crippen LogP contribution is 2.40. The second-order valence-corrected chi connectivity index (χ2v) is 23.8. The maximum atomic E-state index is 11.6. The zero-order chi connectivity index (χ0) is 32.0. The monoisotopic (exact) mass is 611 g/mol. The average molecular weight is 612 g/mol. The molecule has 0 fully saturated rings. The summed E-state index contributed by atoms with van der Waals surface area (Å²) < 4.78 is 24.0. The minimum absolute atomic E-state index is 0.0412. The molecule has 10 heteroatoms. The third-order valence-corrected chi connectivity index (χ3v) is 18.2. The number of hydrogen-bond acceptors (Lipinski definition) is 7. The van der Waals surface area contributed by atoms with Crippen LogP contribution in [0.5, 0.6) is 11.5 Å². The number of aryl methyl sites for hydroxylation is 1. The summed E-state index contributed by atoms with van der Waals surface area (Å²) in [5.74, 6) is 0.503. The fourth-order valence-electron chi connectivity index (χ4n) is 4.14. The molecule has 3 atom stereocenters. The normalized spacial score (nSPS) is 15.8. The minimum Gasteiger partial charge on any atom is -0.496 e. The molecule has 236 valence electrons. The standard InChI is InChI=1S/C31H57NO7Si2/c1-22(16-15-17-24-20-25(36-9)21-26(32(34)35)29(24)37-10)28(33)23(2)27(39-41(13,14)31(6,7)8)18-19-38-40(11,12)30(3,4)5/h16,20-21,23,27-28,33H,15,17-19H2,1-14H3/b22-16+/t23-,27-,28-/m0/s1. The van der Waals surface area contributed by atoms with Crippen molar-refractivity contribution in [3.63, 3.8) is 0 Å². The van der Waals surface area contributed by atoms with E-state index in [4.69, 9.17) is 18.3 Å². The van der Waals surface area contributed by atoms with Crippen LogP contribution in [0.3, 0.4) is 0 Å². The molecule has 0 aliphatic rings. The van der Waals surface area contributed by atoms with Crippen molar-refractivity contribution >= 4 is 22.3 Å². The Kier molecular flexibility index (Phi) is 13.3. The van der Waals surface area contributed by atoms with Gasteiger partial charge in [-0.05, 0) is 74.1 Å². The van der Waals surface area contributed by atoms with E-state index < -0.39 is 27.7 Å². The van der Waals surface area contributed by atoms with Gasteiger partial charge in [-0.2, -0.15) is 0 Å². The van der Waals surface area contributed by atoms with E-state index in [0.717, 1.165) is 12.0 Å². The zero-order valence-electron chi connectivity index (χ0n) is 28.1. The molecule has 0 heterocycles. The number of aliphatic hydroxyl groups excluding tert-OH is 1. The Balaban J connectivity index is 3.14. The van der Waals surface area contributed by atoms with E-state index in [1.165, 1.54) is 20.3 Å². The number of allylic oxidation sites excluding steroid dienone is 1. The van der Waals surface area contributed by atoms with Gasteiger partial charge in [0.25, 0.3) is 0 Å². The van der Waals surface area contributed by atoms with Crippen LogP contribution in [0.2, 0.25) is 36.3 Å². The Labute approximate surface area is 251 Å². The number of aliphatic hydroxyl groups is 1. The van der Waals surface area contributed by atoms with Gasteiger partial charge >= 0.3 is 5.69 Å². The number of rotatable bonds is 15. The zero-order valence-corrected chi connectivity index (χ0v) is 30.1.